The van der Waals surface area contributed by atoms with Gasteiger partial charge in [-0.1, -0.05) is 48.5 Å². The molecule has 0 radical (unpaired) electrons. The van der Waals surface area contributed by atoms with Crippen LogP contribution in [0.2, 0.25) is 0 Å². The van der Waals surface area contributed by atoms with Crippen LogP contribution in [0.1, 0.15) is 28.3 Å². The second-order valence-corrected chi connectivity index (χ2v) is 8.44. The summed E-state index contributed by atoms with van der Waals surface area (Å²) in [6.45, 7) is 1.38. The molecule has 0 amide bonds. The number of hydrogen-bond donors (Lipinski definition) is 1. The molecular formula is C29H26FNO2. The van der Waals surface area contributed by atoms with E-state index in [9.17, 15) is 9.50 Å². The Hall–Kier alpha value is -3.79. The summed E-state index contributed by atoms with van der Waals surface area (Å²) >= 11 is 0. The molecule has 4 aromatic rings. The third kappa shape index (κ3) is 4.85. The minimum absolute atomic E-state index is 0.104. The highest BCUT2D eigenvalue weighted by molar-refractivity contribution is 5.54. The SMILES string of the molecule is Oc1ccc(CC2c3ccc(OCc4ccccc4)cc3CCN2c2ccc(F)cc2)cc1. The molecule has 0 aliphatic carbocycles. The molecule has 0 saturated heterocycles. The maximum Gasteiger partial charge on any atom is 0.123 e. The summed E-state index contributed by atoms with van der Waals surface area (Å²) in [4.78, 5) is 2.35. The quantitative estimate of drug-likeness (QED) is 0.374. The summed E-state index contributed by atoms with van der Waals surface area (Å²) in [5.74, 6) is 0.904. The normalized spacial score (nSPS) is 15.2. The topological polar surface area (TPSA) is 32.7 Å². The number of rotatable bonds is 6. The second-order valence-electron chi connectivity index (χ2n) is 8.44. The summed E-state index contributed by atoms with van der Waals surface area (Å²) in [5.41, 5.74) is 5.83. The second kappa shape index (κ2) is 9.37. The van der Waals surface area contributed by atoms with Gasteiger partial charge in [0.1, 0.15) is 23.9 Å². The largest absolute Gasteiger partial charge is 0.508 e. The third-order valence-electron chi connectivity index (χ3n) is 6.24. The highest BCUT2D eigenvalue weighted by Crippen LogP contribution is 2.38. The Labute approximate surface area is 193 Å². The molecular weight excluding hydrogens is 413 g/mol. The van der Waals surface area contributed by atoms with Crippen molar-refractivity contribution in [1.82, 2.24) is 0 Å². The van der Waals surface area contributed by atoms with Crippen molar-refractivity contribution in [3.05, 3.63) is 125 Å². The molecule has 0 fully saturated rings. The van der Waals surface area contributed by atoms with Crippen LogP contribution in [0.25, 0.3) is 0 Å². The Morgan fingerprint density at radius 3 is 2.36 bits per heavy atom. The van der Waals surface area contributed by atoms with Gasteiger partial charge in [0.05, 0.1) is 6.04 Å². The standard InChI is InChI=1S/C29H26FNO2/c30-24-8-10-25(11-9-24)31-17-16-23-19-27(33-20-22-4-2-1-3-5-22)14-15-28(23)29(31)18-21-6-12-26(32)13-7-21/h1-15,19,29,32H,16-18,20H2. The first-order valence-electron chi connectivity index (χ1n) is 11.3. The summed E-state index contributed by atoms with van der Waals surface area (Å²) in [6, 6.07) is 30.7. The monoisotopic (exact) mass is 439 g/mol. The van der Waals surface area contributed by atoms with Crippen molar-refractivity contribution in [2.75, 3.05) is 11.4 Å². The van der Waals surface area contributed by atoms with Crippen LogP contribution in [0.4, 0.5) is 10.1 Å². The molecule has 166 valence electrons. The maximum atomic E-state index is 13.6. The third-order valence-corrected chi connectivity index (χ3v) is 6.24. The van der Waals surface area contributed by atoms with Crippen LogP contribution in [-0.2, 0) is 19.4 Å². The van der Waals surface area contributed by atoms with Crippen LogP contribution in [0.3, 0.4) is 0 Å². The van der Waals surface area contributed by atoms with E-state index in [0.717, 1.165) is 42.0 Å². The Morgan fingerprint density at radius 1 is 0.848 bits per heavy atom. The number of aromatic hydroxyl groups is 1. The van der Waals surface area contributed by atoms with Crippen LogP contribution in [-0.4, -0.2) is 11.7 Å². The van der Waals surface area contributed by atoms with Crippen molar-refractivity contribution in [3.8, 4) is 11.5 Å². The zero-order valence-corrected chi connectivity index (χ0v) is 18.3. The molecule has 1 unspecified atom stereocenters. The van der Waals surface area contributed by atoms with Gasteiger partial charge in [-0.3, -0.25) is 0 Å². The average molecular weight is 440 g/mol. The van der Waals surface area contributed by atoms with E-state index in [-0.39, 0.29) is 17.6 Å². The van der Waals surface area contributed by atoms with Crippen molar-refractivity contribution in [3.63, 3.8) is 0 Å². The fourth-order valence-electron chi connectivity index (χ4n) is 4.54. The van der Waals surface area contributed by atoms with Gasteiger partial charge in [0.15, 0.2) is 0 Å². The van der Waals surface area contributed by atoms with Crippen LogP contribution in [0.5, 0.6) is 11.5 Å². The number of ether oxygens (including phenoxy) is 1. The van der Waals surface area contributed by atoms with Gasteiger partial charge in [-0.2, -0.15) is 0 Å². The van der Waals surface area contributed by atoms with Gasteiger partial charge in [-0.15, -0.1) is 0 Å². The molecule has 4 aromatic carbocycles. The number of phenolic OH excluding ortho intramolecular Hbond substituents is 1. The lowest BCUT2D eigenvalue weighted by Gasteiger charge is -2.39. The average Bonchev–Trinajstić information content (AvgIpc) is 2.85. The van der Waals surface area contributed by atoms with Crippen molar-refractivity contribution in [1.29, 1.82) is 0 Å². The van der Waals surface area contributed by atoms with Gasteiger partial charge in [-0.05, 0) is 83.6 Å². The van der Waals surface area contributed by atoms with E-state index in [1.165, 1.54) is 23.3 Å². The van der Waals surface area contributed by atoms with E-state index in [1.54, 1.807) is 12.1 Å². The lowest BCUT2D eigenvalue weighted by Crippen LogP contribution is -2.36. The van der Waals surface area contributed by atoms with Crippen LogP contribution in [0, 0.1) is 5.82 Å². The number of benzene rings is 4. The van der Waals surface area contributed by atoms with Crippen molar-refractivity contribution in [2.24, 2.45) is 0 Å². The van der Waals surface area contributed by atoms with Gasteiger partial charge in [0, 0.05) is 12.2 Å². The van der Waals surface area contributed by atoms with Gasteiger partial charge in [0.25, 0.3) is 0 Å². The smallest absolute Gasteiger partial charge is 0.123 e. The molecule has 3 nitrogen and oxygen atoms in total. The van der Waals surface area contributed by atoms with E-state index in [0.29, 0.717) is 6.61 Å². The Bertz CT molecular complexity index is 1210. The van der Waals surface area contributed by atoms with E-state index in [4.69, 9.17) is 4.74 Å². The van der Waals surface area contributed by atoms with Gasteiger partial charge in [-0.25, -0.2) is 4.39 Å². The molecule has 0 aromatic heterocycles. The minimum atomic E-state index is -0.230. The Morgan fingerprint density at radius 2 is 1.61 bits per heavy atom. The fraction of sp³-hybridized carbons (Fsp3) is 0.172. The zero-order valence-electron chi connectivity index (χ0n) is 18.3. The predicted molar refractivity (Wildman–Crippen MR) is 129 cm³/mol. The predicted octanol–water partition coefficient (Wildman–Crippen LogP) is 6.46. The number of fused-ring (bicyclic) bond motifs is 1. The molecule has 1 aliphatic rings. The first-order valence-corrected chi connectivity index (χ1v) is 11.3. The lowest BCUT2D eigenvalue weighted by atomic mass is 9.88. The molecule has 0 spiro atoms. The number of hydrogen-bond acceptors (Lipinski definition) is 3. The van der Waals surface area contributed by atoms with Gasteiger partial charge in [0.2, 0.25) is 0 Å². The van der Waals surface area contributed by atoms with Crippen LogP contribution >= 0.6 is 0 Å². The molecule has 1 heterocycles. The van der Waals surface area contributed by atoms with E-state index >= 15 is 0 Å². The number of nitrogens with zero attached hydrogens (tertiary/aromatic N) is 1. The summed E-state index contributed by atoms with van der Waals surface area (Å²) in [5, 5.41) is 9.68. The summed E-state index contributed by atoms with van der Waals surface area (Å²) < 4.78 is 19.6. The van der Waals surface area contributed by atoms with Gasteiger partial charge >= 0.3 is 0 Å². The molecule has 5 rings (SSSR count). The van der Waals surface area contributed by atoms with Crippen LogP contribution in [0.15, 0.2) is 97.1 Å². The first-order chi connectivity index (χ1) is 16.2. The first kappa shape index (κ1) is 21.1. The molecule has 33 heavy (non-hydrogen) atoms. The van der Waals surface area contributed by atoms with E-state index in [1.807, 2.05) is 48.5 Å². The lowest BCUT2D eigenvalue weighted by molar-refractivity contribution is 0.305. The number of anilines is 1. The van der Waals surface area contributed by atoms with Gasteiger partial charge < -0.3 is 14.7 Å². The van der Waals surface area contributed by atoms with Crippen molar-refractivity contribution >= 4 is 5.69 Å². The minimum Gasteiger partial charge on any atom is -0.508 e. The maximum absolute atomic E-state index is 13.6. The molecule has 1 aliphatic heterocycles. The van der Waals surface area contributed by atoms with E-state index in [2.05, 4.69) is 29.2 Å². The molecule has 4 heteroatoms. The molecule has 1 atom stereocenters. The highest BCUT2D eigenvalue weighted by Gasteiger charge is 2.28. The van der Waals surface area contributed by atoms with E-state index < -0.39 is 0 Å². The van der Waals surface area contributed by atoms with Crippen molar-refractivity contribution < 1.29 is 14.2 Å². The Balaban J connectivity index is 1.43. The zero-order chi connectivity index (χ0) is 22.6. The molecule has 0 bridgehead atoms. The van der Waals surface area contributed by atoms with Crippen molar-refractivity contribution in [2.45, 2.75) is 25.5 Å². The summed E-state index contributed by atoms with van der Waals surface area (Å²) in [6.07, 6.45) is 1.68. The fourth-order valence-corrected chi connectivity index (χ4v) is 4.54. The summed E-state index contributed by atoms with van der Waals surface area (Å²) in [7, 11) is 0. The Kier molecular flexibility index (Phi) is 5.99. The highest BCUT2D eigenvalue weighted by atomic mass is 19.1. The number of halogens is 1. The molecule has 1 N–H and O–H groups in total. The van der Waals surface area contributed by atoms with Crippen LogP contribution < -0.4 is 9.64 Å². The number of phenols is 1. The molecule has 0 saturated carbocycles.